The molecular weight excluding hydrogens is 592 g/mol. The van der Waals surface area contributed by atoms with Crippen molar-refractivity contribution in [3.8, 4) is 11.5 Å². The van der Waals surface area contributed by atoms with E-state index in [4.69, 9.17) is 18.6 Å². The van der Waals surface area contributed by atoms with Gasteiger partial charge in [-0.05, 0) is 56.1 Å². The number of guanidine groups is 1. The number of sulfonamides is 1. The van der Waals surface area contributed by atoms with Crippen molar-refractivity contribution >= 4 is 35.9 Å². The Kier molecular flexibility index (Phi) is 11.1. The second-order valence-electron chi connectivity index (χ2n) is 11.9. The van der Waals surface area contributed by atoms with Crippen LogP contribution in [0.25, 0.3) is 0 Å². The van der Waals surface area contributed by atoms with Crippen LogP contribution in [0.4, 0.5) is 5.69 Å². The minimum absolute atomic E-state index is 0.208. The second kappa shape index (κ2) is 14.0. The minimum atomic E-state index is -4.24. The van der Waals surface area contributed by atoms with Gasteiger partial charge in [0.05, 0.1) is 26.7 Å². The molecule has 3 rings (SSSR count). The largest absolute Gasteiger partial charge is 0.494 e. The van der Waals surface area contributed by atoms with Gasteiger partial charge in [-0.2, -0.15) is 0 Å². The summed E-state index contributed by atoms with van der Waals surface area (Å²) in [6, 6.07) is 5.02. The third-order valence-corrected chi connectivity index (χ3v) is 13.8. The Labute approximate surface area is 255 Å². The molecule has 2 heterocycles. The van der Waals surface area contributed by atoms with Gasteiger partial charge in [-0.3, -0.25) is 20.4 Å². The van der Waals surface area contributed by atoms with Gasteiger partial charge in [0.2, 0.25) is 21.9 Å². The van der Waals surface area contributed by atoms with E-state index in [1.165, 1.54) is 21.1 Å². The lowest BCUT2D eigenvalue weighted by molar-refractivity contribution is -0.125. The number of carbonyl (C=O) groups excluding carboxylic acids is 1. The summed E-state index contributed by atoms with van der Waals surface area (Å²) in [7, 11) is -3.83. The van der Waals surface area contributed by atoms with Crippen molar-refractivity contribution in [1.82, 2.24) is 25.5 Å². The molecule has 0 saturated carbocycles. The molecule has 1 aromatic carbocycles. The van der Waals surface area contributed by atoms with Gasteiger partial charge in [0.1, 0.15) is 22.9 Å². The number of aromatic nitrogens is 2. The fraction of sp³-hybridized carbons (Fsp3) is 0.571. The van der Waals surface area contributed by atoms with Crippen molar-refractivity contribution in [2.45, 2.75) is 70.5 Å². The number of aliphatic imine (C=N–C) groups is 1. The number of carbonyl (C=O) groups is 1. The van der Waals surface area contributed by atoms with Gasteiger partial charge in [-0.25, -0.2) is 23.4 Å². The summed E-state index contributed by atoms with van der Waals surface area (Å²) in [6.45, 7) is 14.4. The van der Waals surface area contributed by atoms with E-state index in [0.717, 1.165) is 5.56 Å². The number of methoxy groups -OCH3 is 2. The number of benzene rings is 1. The van der Waals surface area contributed by atoms with Crippen LogP contribution >= 0.6 is 0 Å². The van der Waals surface area contributed by atoms with Gasteiger partial charge in [0.25, 0.3) is 0 Å². The first-order valence-corrected chi connectivity index (χ1v) is 18.5. The highest BCUT2D eigenvalue weighted by Gasteiger charge is 2.44. The third kappa shape index (κ3) is 8.65. The van der Waals surface area contributed by atoms with E-state index in [1.54, 1.807) is 30.6 Å². The van der Waals surface area contributed by atoms with Gasteiger partial charge >= 0.3 is 0 Å². The second-order valence-corrected chi connectivity index (χ2v) is 18.7. The lowest BCUT2D eigenvalue weighted by Crippen LogP contribution is -2.53. The summed E-state index contributed by atoms with van der Waals surface area (Å²) in [4.78, 5) is 26.1. The summed E-state index contributed by atoms with van der Waals surface area (Å²) in [5, 5.41) is -1.38. The molecule has 0 bridgehead atoms. The Balaban J connectivity index is 2.02. The minimum Gasteiger partial charge on any atom is -0.494 e. The van der Waals surface area contributed by atoms with Crippen molar-refractivity contribution in [2.75, 3.05) is 27.4 Å². The Bertz CT molecular complexity index is 1370. The predicted octanol–water partition coefficient (Wildman–Crippen LogP) is 3.52. The zero-order valence-corrected chi connectivity index (χ0v) is 28.2. The summed E-state index contributed by atoms with van der Waals surface area (Å²) in [5.74, 6) is -0.122. The number of amides is 1. The van der Waals surface area contributed by atoms with Crippen molar-refractivity contribution in [3.05, 3.63) is 42.0 Å². The molecule has 43 heavy (non-hydrogen) atoms. The number of nitrogens with zero attached hydrogens (tertiary/aromatic N) is 3. The highest BCUT2D eigenvalue weighted by atomic mass is 32.2. The van der Waals surface area contributed by atoms with E-state index in [0.29, 0.717) is 24.5 Å². The summed E-state index contributed by atoms with van der Waals surface area (Å²) >= 11 is 0. The number of hydrogen-bond acceptors (Lipinski definition) is 10. The number of hydrogen-bond donors (Lipinski definition) is 3. The molecule has 238 valence electrons. The standard InChI is InChI=1S/C28H44N6O7SSi/c1-18-15-29-25(30-16-18)24(41-43(8,9)28(3,4)5)19(2)42(36,37)34-27(33-32-26(35)20-13-14-40-17-20)31-23-21(38-6)11-10-12-22(23)39-7/h10-12,15-16,19-20,24H,13-14,17H2,1-9H3,(H,32,35)(H2,31,33,34)/t19?,20-,24?/m1/s1. The Morgan fingerprint density at radius 3 is 2.23 bits per heavy atom. The number of ether oxygens (including phenoxy) is 3. The molecule has 2 aromatic rings. The van der Waals surface area contributed by atoms with Crippen LogP contribution in [0.1, 0.15) is 51.6 Å². The fourth-order valence-electron chi connectivity index (χ4n) is 3.89. The van der Waals surface area contributed by atoms with Gasteiger partial charge in [0, 0.05) is 19.0 Å². The molecule has 3 atom stereocenters. The SMILES string of the molecule is COc1cccc(OC)c1/N=C(/NNC(=O)[C@@H]1CCOC1)NS(=O)(=O)C(C)C(O[Si](C)(C)C(C)(C)C)c1ncc(C)cn1. The quantitative estimate of drug-likeness (QED) is 0.152. The molecule has 0 radical (unpaired) electrons. The van der Waals surface area contributed by atoms with Crippen molar-refractivity contribution in [2.24, 2.45) is 10.9 Å². The molecule has 13 nitrogen and oxygen atoms in total. The number of para-hydroxylation sites is 1. The maximum atomic E-state index is 14.0. The van der Waals surface area contributed by atoms with Crippen LogP contribution in [-0.4, -0.2) is 71.3 Å². The predicted molar refractivity (Wildman–Crippen MR) is 166 cm³/mol. The van der Waals surface area contributed by atoms with Crippen LogP contribution < -0.4 is 25.0 Å². The molecule has 0 aliphatic carbocycles. The number of rotatable bonds is 10. The first-order chi connectivity index (χ1) is 20.1. The number of nitrogens with one attached hydrogen (secondary N) is 3. The average Bonchev–Trinajstić information content (AvgIpc) is 3.49. The average molecular weight is 637 g/mol. The van der Waals surface area contributed by atoms with Crippen LogP contribution in [0.5, 0.6) is 11.5 Å². The molecule has 1 aromatic heterocycles. The zero-order chi connectivity index (χ0) is 32.0. The normalized spacial score (nSPS) is 17.6. The molecule has 0 spiro atoms. The van der Waals surface area contributed by atoms with Crippen LogP contribution in [0.15, 0.2) is 35.6 Å². The summed E-state index contributed by atoms with van der Waals surface area (Å²) in [5.41, 5.74) is 6.23. The molecule has 1 aliphatic heterocycles. The molecule has 2 unspecified atom stereocenters. The molecule has 1 fully saturated rings. The molecular formula is C28H44N6O7SSi. The Morgan fingerprint density at radius 2 is 1.72 bits per heavy atom. The molecule has 1 saturated heterocycles. The first kappa shape index (κ1) is 34.2. The Hall–Kier alpha value is -3.27. The van der Waals surface area contributed by atoms with E-state index < -0.39 is 29.7 Å². The van der Waals surface area contributed by atoms with Crippen molar-refractivity contribution in [3.63, 3.8) is 0 Å². The van der Waals surface area contributed by atoms with E-state index in [1.807, 2.05) is 20.0 Å². The van der Waals surface area contributed by atoms with Gasteiger partial charge in [-0.15, -0.1) is 0 Å². The van der Waals surface area contributed by atoms with E-state index in [-0.39, 0.29) is 40.9 Å². The Morgan fingerprint density at radius 1 is 1.12 bits per heavy atom. The van der Waals surface area contributed by atoms with Crippen molar-refractivity contribution < 1.29 is 31.8 Å². The van der Waals surface area contributed by atoms with E-state index >= 15 is 0 Å². The monoisotopic (exact) mass is 636 g/mol. The smallest absolute Gasteiger partial charge is 0.243 e. The molecule has 1 aliphatic rings. The first-order valence-electron chi connectivity index (χ1n) is 14.0. The van der Waals surface area contributed by atoms with E-state index in [9.17, 15) is 13.2 Å². The lowest BCUT2D eigenvalue weighted by atomic mass is 10.1. The van der Waals surface area contributed by atoms with Crippen LogP contribution in [0, 0.1) is 12.8 Å². The fourth-order valence-corrected chi connectivity index (χ4v) is 6.34. The molecule has 15 heteroatoms. The van der Waals surface area contributed by atoms with Gasteiger partial charge in [0.15, 0.2) is 19.8 Å². The van der Waals surface area contributed by atoms with Crippen LogP contribution in [0.3, 0.4) is 0 Å². The van der Waals surface area contributed by atoms with E-state index in [2.05, 4.69) is 51.3 Å². The molecule has 1 amide bonds. The van der Waals surface area contributed by atoms with Gasteiger partial charge < -0.3 is 18.6 Å². The number of aryl methyl sites for hydroxylation is 1. The summed E-state index contributed by atoms with van der Waals surface area (Å²) in [6.07, 6.45) is 2.81. The highest BCUT2D eigenvalue weighted by Crippen LogP contribution is 2.41. The zero-order valence-electron chi connectivity index (χ0n) is 26.3. The van der Waals surface area contributed by atoms with Gasteiger partial charge in [-0.1, -0.05) is 26.8 Å². The maximum absolute atomic E-state index is 14.0. The maximum Gasteiger partial charge on any atom is 0.243 e. The summed E-state index contributed by atoms with van der Waals surface area (Å²) < 4.78 is 53.3. The lowest BCUT2D eigenvalue weighted by Gasteiger charge is -2.40. The highest BCUT2D eigenvalue weighted by molar-refractivity contribution is 7.90. The topological polar surface area (TPSA) is 162 Å². The number of hydrazine groups is 1. The van der Waals surface area contributed by atoms with Crippen LogP contribution in [0.2, 0.25) is 18.1 Å². The molecule has 3 N–H and O–H groups in total. The van der Waals surface area contributed by atoms with Crippen LogP contribution in [-0.2, 0) is 24.0 Å². The third-order valence-electron chi connectivity index (χ3n) is 7.67. The van der Waals surface area contributed by atoms with Crippen molar-refractivity contribution in [1.29, 1.82) is 0 Å².